The van der Waals surface area contributed by atoms with E-state index in [1.165, 1.54) is 17.3 Å². The number of thioether (sulfide) groups is 1. The van der Waals surface area contributed by atoms with E-state index in [1.807, 2.05) is 43.5 Å². The Labute approximate surface area is 128 Å². The Morgan fingerprint density at radius 1 is 1.29 bits per heavy atom. The van der Waals surface area contributed by atoms with Crippen LogP contribution in [0, 0.1) is 6.92 Å². The topological polar surface area (TPSA) is 57.0 Å². The molecule has 0 bridgehead atoms. The van der Waals surface area contributed by atoms with Crippen molar-refractivity contribution in [3.05, 3.63) is 41.7 Å². The van der Waals surface area contributed by atoms with Gasteiger partial charge in [-0.3, -0.25) is 4.79 Å². The standard InChI is InChI=1S/C15H19N3O2S/c1-11(2)20-14(19)10-21-15-17-16-12(3)18(15)9-13-7-5-4-6-8-13/h4-8,11H,9-10H2,1-3H3. The molecule has 0 unspecified atom stereocenters. The summed E-state index contributed by atoms with van der Waals surface area (Å²) in [5.74, 6) is 0.839. The van der Waals surface area contributed by atoms with Gasteiger partial charge in [-0.2, -0.15) is 0 Å². The van der Waals surface area contributed by atoms with Crippen molar-refractivity contribution in [2.75, 3.05) is 5.75 Å². The number of esters is 1. The summed E-state index contributed by atoms with van der Waals surface area (Å²) in [6, 6.07) is 10.1. The maximum atomic E-state index is 11.6. The molecule has 1 heterocycles. The maximum Gasteiger partial charge on any atom is 0.316 e. The smallest absolute Gasteiger partial charge is 0.316 e. The van der Waals surface area contributed by atoms with Crippen molar-refractivity contribution < 1.29 is 9.53 Å². The third-order valence-electron chi connectivity index (χ3n) is 2.77. The number of carbonyl (C=O) groups is 1. The number of carbonyl (C=O) groups excluding carboxylic acids is 1. The molecular formula is C15H19N3O2S. The first kappa shape index (κ1) is 15.6. The molecule has 0 aliphatic heterocycles. The highest BCUT2D eigenvalue weighted by molar-refractivity contribution is 7.99. The lowest BCUT2D eigenvalue weighted by Gasteiger charge is -2.09. The van der Waals surface area contributed by atoms with Crippen LogP contribution in [0.1, 0.15) is 25.2 Å². The van der Waals surface area contributed by atoms with E-state index < -0.39 is 0 Å². The second-order valence-corrected chi connectivity index (χ2v) is 5.87. The zero-order valence-electron chi connectivity index (χ0n) is 12.4. The minimum atomic E-state index is -0.234. The molecule has 1 aromatic heterocycles. The third kappa shape index (κ3) is 4.60. The normalized spacial score (nSPS) is 10.9. The fourth-order valence-electron chi connectivity index (χ4n) is 1.84. The molecule has 2 rings (SSSR count). The van der Waals surface area contributed by atoms with Crippen LogP contribution in [0.5, 0.6) is 0 Å². The second-order valence-electron chi connectivity index (χ2n) is 4.93. The quantitative estimate of drug-likeness (QED) is 0.606. The van der Waals surface area contributed by atoms with E-state index in [0.29, 0.717) is 6.54 Å². The molecule has 21 heavy (non-hydrogen) atoms. The summed E-state index contributed by atoms with van der Waals surface area (Å²) >= 11 is 1.35. The predicted molar refractivity (Wildman–Crippen MR) is 82.3 cm³/mol. The highest BCUT2D eigenvalue weighted by Crippen LogP contribution is 2.18. The van der Waals surface area contributed by atoms with E-state index in [9.17, 15) is 4.79 Å². The molecule has 0 atom stereocenters. The van der Waals surface area contributed by atoms with Gasteiger partial charge >= 0.3 is 5.97 Å². The van der Waals surface area contributed by atoms with Gasteiger partial charge in [-0.15, -0.1) is 10.2 Å². The molecule has 2 aromatic rings. The summed E-state index contributed by atoms with van der Waals surface area (Å²) in [6.07, 6.45) is -0.0953. The molecule has 0 saturated carbocycles. The lowest BCUT2D eigenvalue weighted by molar-refractivity contribution is -0.144. The molecule has 1 aromatic carbocycles. The fourth-order valence-corrected chi connectivity index (χ4v) is 2.60. The van der Waals surface area contributed by atoms with E-state index in [0.717, 1.165) is 11.0 Å². The van der Waals surface area contributed by atoms with Gasteiger partial charge in [0.25, 0.3) is 0 Å². The van der Waals surface area contributed by atoms with Crippen LogP contribution in [-0.4, -0.2) is 32.6 Å². The van der Waals surface area contributed by atoms with Crippen molar-refractivity contribution in [2.45, 2.75) is 38.6 Å². The van der Waals surface area contributed by atoms with Crippen molar-refractivity contribution >= 4 is 17.7 Å². The first-order valence-electron chi connectivity index (χ1n) is 6.82. The Kier molecular flexibility index (Phi) is 5.38. The van der Waals surface area contributed by atoms with Crippen molar-refractivity contribution in [3.63, 3.8) is 0 Å². The van der Waals surface area contributed by atoms with Crippen molar-refractivity contribution in [1.29, 1.82) is 0 Å². The molecule has 0 aliphatic rings. The van der Waals surface area contributed by atoms with Crippen LogP contribution >= 0.6 is 11.8 Å². The number of rotatable bonds is 6. The van der Waals surface area contributed by atoms with Crippen molar-refractivity contribution in [3.8, 4) is 0 Å². The third-order valence-corrected chi connectivity index (χ3v) is 3.71. The number of hydrogen-bond donors (Lipinski definition) is 0. The van der Waals surface area contributed by atoms with E-state index in [1.54, 1.807) is 0 Å². The number of nitrogens with zero attached hydrogens (tertiary/aromatic N) is 3. The lowest BCUT2D eigenvalue weighted by atomic mass is 10.2. The number of aromatic nitrogens is 3. The Morgan fingerprint density at radius 3 is 2.67 bits per heavy atom. The molecule has 0 radical (unpaired) electrons. The summed E-state index contributed by atoms with van der Waals surface area (Å²) < 4.78 is 7.12. The highest BCUT2D eigenvalue weighted by atomic mass is 32.2. The highest BCUT2D eigenvalue weighted by Gasteiger charge is 2.13. The van der Waals surface area contributed by atoms with E-state index in [-0.39, 0.29) is 17.8 Å². The summed E-state index contributed by atoms with van der Waals surface area (Å²) in [7, 11) is 0. The average Bonchev–Trinajstić information content (AvgIpc) is 2.78. The van der Waals surface area contributed by atoms with E-state index in [4.69, 9.17) is 4.74 Å². The SMILES string of the molecule is Cc1nnc(SCC(=O)OC(C)C)n1Cc1ccccc1. The summed E-state index contributed by atoms with van der Waals surface area (Å²) in [5.41, 5.74) is 1.17. The maximum absolute atomic E-state index is 11.6. The largest absolute Gasteiger partial charge is 0.462 e. The van der Waals surface area contributed by atoms with Gasteiger partial charge in [0, 0.05) is 0 Å². The van der Waals surface area contributed by atoms with Crippen LogP contribution in [0.25, 0.3) is 0 Å². The molecule has 0 amide bonds. The molecule has 5 nitrogen and oxygen atoms in total. The minimum absolute atomic E-state index is 0.0953. The molecule has 112 valence electrons. The predicted octanol–water partition coefficient (Wildman–Crippen LogP) is 2.68. The van der Waals surface area contributed by atoms with Gasteiger partial charge in [-0.25, -0.2) is 0 Å². The monoisotopic (exact) mass is 305 g/mol. The summed E-state index contributed by atoms with van der Waals surface area (Å²) in [5, 5.41) is 8.96. The number of ether oxygens (including phenoxy) is 1. The number of benzene rings is 1. The zero-order valence-corrected chi connectivity index (χ0v) is 13.3. The van der Waals surface area contributed by atoms with Crippen LogP contribution in [-0.2, 0) is 16.1 Å². The van der Waals surface area contributed by atoms with Crippen LogP contribution < -0.4 is 0 Å². The number of aryl methyl sites for hydroxylation is 1. The van der Waals surface area contributed by atoms with E-state index in [2.05, 4.69) is 22.3 Å². The van der Waals surface area contributed by atoms with Gasteiger partial charge in [-0.1, -0.05) is 42.1 Å². The van der Waals surface area contributed by atoms with Gasteiger partial charge in [0.05, 0.1) is 18.4 Å². The van der Waals surface area contributed by atoms with Crippen molar-refractivity contribution in [2.24, 2.45) is 0 Å². The molecule has 0 fully saturated rings. The zero-order chi connectivity index (χ0) is 15.2. The van der Waals surface area contributed by atoms with Gasteiger partial charge in [0.15, 0.2) is 5.16 Å². The first-order chi connectivity index (χ1) is 10.1. The fraction of sp³-hybridized carbons (Fsp3) is 0.400. The van der Waals surface area contributed by atoms with Crippen LogP contribution in [0.15, 0.2) is 35.5 Å². The minimum Gasteiger partial charge on any atom is -0.462 e. The second kappa shape index (κ2) is 7.26. The van der Waals surface area contributed by atoms with Crippen LogP contribution in [0.2, 0.25) is 0 Å². The lowest BCUT2D eigenvalue weighted by Crippen LogP contribution is -2.14. The molecule has 0 saturated heterocycles. The molecule has 0 N–H and O–H groups in total. The van der Waals surface area contributed by atoms with Gasteiger partial charge in [-0.05, 0) is 26.3 Å². The first-order valence-corrected chi connectivity index (χ1v) is 7.81. The van der Waals surface area contributed by atoms with Gasteiger partial charge in [0.1, 0.15) is 5.82 Å². The molecule has 0 spiro atoms. The Bertz CT molecular complexity index is 596. The van der Waals surface area contributed by atoms with E-state index >= 15 is 0 Å². The van der Waals surface area contributed by atoms with Crippen LogP contribution in [0.3, 0.4) is 0 Å². The Morgan fingerprint density at radius 2 is 2.00 bits per heavy atom. The van der Waals surface area contributed by atoms with Crippen LogP contribution in [0.4, 0.5) is 0 Å². The Hall–Kier alpha value is -1.82. The summed E-state index contributed by atoms with van der Waals surface area (Å²) in [4.78, 5) is 11.6. The molecule has 6 heteroatoms. The number of hydrogen-bond acceptors (Lipinski definition) is 5. The molecule has 0 aliphatic carbocycles. The van der Waals surface area contributed by atoms with Gasteiger partial charge < -0.3 is 9.30 Å². The Balaban J connectivity index is 2.03. The van der Waals surface area contributed by atoms with Crippen molar-refractivity contribution in [1.82, 2.24) is 14.8 Å². The molecular weight excluding hydrogens is 286 g/mol. The summed E-state index contributed by atoms with van der Waals surface area (Å²) in [6.45, 7) is 6.28. The average molecular weight is 305 g/mol. The van der Waals surface area contributed by atoms with Gasteiger partial charge in [0.2, 0.25) is 0 Å².